The molecule has 2 aromatic carbocycles. The molecule has 6 nitrogen and oxygen atoms in total. The summed E-state index contributed by atoms with van der Waals surface area (Å²) >= 11 is 0. The van der Waals surface area contributed by atoms with Gasteiger partial charge >= 0.3 is 0 Å². The van der Waals surface area contributed by atoms with Crippen LogP contribution in [0.3, 0.4) is 0 Å². The van der Waals surface area contributed by atoms with Gasteiger partial charge in [0.2, 0.25) is 0 Å². The van der Waals surface area contributed by atoms with Gasteiger partial charge in [-0.2, -0.15) is 0 Å². The molecule has 0 unspecified atom stereocenters. The lowest BCUT2D eigenvalue weighted by molar-refractivity contribution is -0.384. The number of rotatable bonds is 6. The van der Waals surface area contributed by atoms with E-state index >= 15 is 0 Å². The van der Waals surface area contributed by atoms with Crippen LogP contribution in [-0.4, -0.2) is 17.4 Å². The molecular formula is C18H23IN4O2. The Morgan fingerprint density at radius 1 is 1.04 bits per heavy atom. The minimum Gasteiger partial charge on any atom is -0.357 e. The van der Waals surface area contributed by atoms with Gasteiger partial charge in [-0.05, 0) is 25.0 Å². The molecule has 2 N–H and O–H groups in total. The number of aliphatic imine (C=N–C) groups is 1. The number of hydrogen-bond acceptors (Lipinski definition) is 3. The molecule has 0 aromatic heterocycles. The van der Waals surface area contributed by atoms with E-state index in [2.05, 4.69) is 46.8 Å². The molecule has 2 aromatic rings. The molecule has 0 amide bonds. The van der Waals surface area contributed by atoms with E-state index < -0.39 is 4.92 Å². The molecule has 0 atom stereocenters. The maximum atomic E-state index is 10.7. The van der Waals surface area contributed by atoms with Crippen LogP contribution in [0.15, 0.2) is 53.5 Å². The van der Waals surface area contributed by atoms with Crippen molar-refractivity contribution >= 4 is 35.6 Å². The Balaban J connectivity index is 0.00000312. The first kappa shape index (κ1) is 20.9. The smallest absolute Gasteiger partial charge is 0.269 e. The van der Waals surface area contributed by atoms with Crippen LogP contribution in [0.5, 0.6) is 0 Å². The van der Waals surface area contributed by atoms with E-state index in [9.17, 15) is 10.1 Å². The van der Waals surface area contributed by atoms with Gasteiger partial charge < -0.3 is 10.6 Å². The molecule has 134 valence electrons. The predicted octanol–water partition coefficient (Wildman–Crippen LogP) is 3.78. The fourth-order valence-electron chi connectivity index (χ4n) is 2.13. The van der Waals surface area contributed by atoms with Crippen molar-refractivity contribution in [3.8, 4) is 0 Å². The highest BCUT2D eigenvalue weighted by Crippen LogP contribution is 2.11. The van der Waals surface area contributed by atoms with E-state index in [-0.39, 0.29) is 29.7 Å². The van der Waals surface area contributed by atoms with Crippen LogP contribution >= 0.6 is 24.0 Å². The summed E-state index contributed by atoms with van der Waals surface area (Å²) in [6.45, 7) is 5.98. The molecule has 25 heavy (non-hydrogen) atoms. The summed E-state index contributed by atoms with van der Waals surface area (Å²) in [5.41, 5.74) is 3.43. The third kappa shape index (κ3) is 7.08. The Morgan fingerprint density at radius 3 is 2.20 bits per heavy atom. The number of nitrogens with one attached hydrogen (secondary N) is 2. The van der Waals surface area contributed by atoms with E-state index in [1.54, 1.807) is 12.1 Å². The van der Waals surface area contributed by atoms with E-state index in [0.717, 1.165) is 23.6 Å². The Kier molecular flexibility index (Phi) is 8.90. The van der Waals surface area contributed by atoms with Crippen molar-refractivity contribution in [1.82, 2.24) is 10.6 Å². The molecule has 0 aliphatic rings. The third-order valence-corrected chi connectivity index (χ3v) is 3.49. The Morgan fingerprint density at radius 2 is 1.64 bits per heavy atom. The first-order valence-electron chi connectivity index (χ1n) is 7.89. The summed E-state index contributed by atoms with van der Waals surface area (Å²) < 4.78 is 0. The number of non-ortho nitro benzene ring substituents is 1. The van der Waals surface area contributed by atoms with Gasteiger partial charge in [-0.1, -0.05) is 42.0 Å². The number of guanidine groups is 1. The van der Waals surface area contributed by atoms with Crippen LogP contribution in [0.4, 0.5) is 5.69 Å². The zero-order chi connectivity index (χ0) is 17.4. The van der Waals surface area contributed by atoms with E-state index in [4.69, 9.17) is 0 Å². The summed E-state index contributed by atoms with van der Waals surface area (Å²) in [5.74, 6) is 0.719. The van der Waals surface area contributed by atoms with E-state index in [0.29, 0.717) is 13.1 Å². The Labute approximate surface area is 164 Å². The van der Waals surface area contributed by atoms with Crippen molar-refractivity contribution in [2.24, 2.45) is 4.99 Å². The zero-order valence-electron chi connectivity index (χ0n) is 14.4. The summed E-state index contributed by atoms with van der Waals surface area (Å²) in [4.78, 5) is 14.8. The molecule has 0 aliphatic carbocycles. The average molecular weight is 454 g/mol. The normalized spacial score (nSPS) is 10.7. The standard InChI is InChI=1S/C18H22N4O2.HI/c1-3-19-18(20-12-15-6-4-14(2)5-7-15)21-13-16-8-10-17(11-9-16)22(23)24;/h4-11H,3,12-13H2,1-2H3,(H2,19,20,21);1H. The first-order chi connectivity index (χ1) is 11.6. The predicted molar refractivity (Wildman–Crippen MR) is 111 cm³/mol. The largest absolute Gasteiger partial charge is 0.357 e. The zero-order valence-corrected chi connectivity index (χ0v) is 16.7. The molecule has 0 heterocycles. The first-order valence-corrected chi connectivity index (χ1v) is 7.89. The number of nitro benzene ring substituents is 1. The average Bonchev–Trinajstić information content (AvgIpc) is 2.59. The Hall–Kier alpha value is -2.16. The second kappa shape index (κ2) is 10.7. The molecule has 0 fully saturated rings. The molecule has 2 rings (SSSR count). The minimum atomic E-state index is -0.399. The molecule has 0 saturated heterocycles. The summed E-state index contributed by atoms with van der Waals surface area (Å²) in [7, 11) is 0. The van der Waals surface area contributed by atoms with Gasteiger partial charge in [-0.25, -0.2) is 4.99 Å². The monoisotopic (exact) mass is 454 g/mol. The van der Waals surface area contributed by atoms with Gasteiger partial charge in [-0.3, -0.25) is 10.1 Å². The van der Waals surface area contributed by atoms with Crippen molar-refractivity contribution in [2.45, 2.75) is 26.9 Å². The molecule has 0 bridgehead atoms. The fraction of sp³-hybridized carbons (Fsp3) is 0.278. The quantitative estimate of drug-likeness (QED) is 0.229. The van der Waals surface area contributed by atoms with Gasteiger partial charge in [0.1, 0.15) is 0 Å². The van der Waals surface area contributed by atoms with Crippen molar-refractivity contribution in [1.29, 1.82) is 0 Å². The van der Waals surface area contributed by atoms with E-state index in [1.165, 1.54) is 17.7 Å². The van der Waals surface area contributed by atoms with Crippen LogP contribution in [0, 0.1) is 17.0 Å². The number of aryl methyl sites for hydroxylation is 1. The van der Waals surface area contributed by atoms with Gasteiger partial charge in [0, 0.05) is 25.2 Å². The van der Waals surface area contributed by atoms with Crippen LogP contribution in [0.1, 0.15) is 23.6 Å². The third-order valence-electron chi connectivity index (χ3n) is 3.49. The molecule has 0 aliphatic heterocycles. The highest BCUT2D eigenvalue weighted by molar-refractivity contribution is 14.0. The topological polar surface area (TPSA) is 79.6 Å². The van der Waals surface area contributed by atoms with Crippen molar-refractivity contribution in [2.75, 3.05) is 6.54 Å². The summed E-state index contributed by atoms with van der Waals surface area (Å²) in [6.07, 6.45) is 0. The number of nitro groups is 1. The SMILES string of the molecule is CCNC(=NCc1ccc(C)cc1)NCc1ccc([N+](=O)[O-])cc1.I. The maximum Gasteiger partial charge on any atom is 0.269 e. The van der Waals surface area contributed by atoms with Crippen LogP contribution in [0.25, 0.3) is 0 Å². The number of hydrogen-bond donors (Lipinski definition) is 2. The summed E-state index contributed by atoms with van der Waals surface area (Å²) in [6, 6.07) is 14.8. The highest BCUT2D eigenvalue weighted by atomic mass is 127. The molecular weight excluding hydrogens is 431 g/mol. The van der Waals surface area contributed by atoms with Crippen molar-refractivity contribution in [3.63, 3.8) is 0 Å². The second-order valence-electron chi connectivity index (χ2n) is 5.46. The van der Waals surface area contributed by atoms with Crippen LogP contribution in [0.2, 0.25) is 0 Å². The summed E-state index contributed by atoms with van der Waals surface area (Å²) in [5, 5.41) is 17.1. The lowest BCUT2D eigenvalue weighted by Crippen LogP contribution is -2.36. The van der Waals surface area contributed by atoms with Crippen LogP contribution < -0.4 is 10.6 Å². The van der Waals surface area contributed by atoms with Gasteiger partial charge in [0.15, 0.2) is 5.96 Å². The second-order valence-corrected chi connectivity index (χ2v) is 5.46. The lowest BCUT2D eigenvalue weighted by atomic mass is 10.1. The maximum absolute atomic E-state index is 10.7. The van der Waals surface area contributed by atoms with Gasteiger partial charge in [0.25, 0.3) is 5.69 Å². The van der Waals surface area contributed by atoms with Gasteiger partial charge in [-0.15, -0.1) is 24.0 Å². The number of halogens is 1. The molecule has 0 radical (unpaired) electrons. The number of benzene rings is 2. The highest BCUT2D eigenvalue weighted by Gasteiger charge is 2.04. The molecule has 0 saturated carbocycles. The lowest BCUT2D eigenvalue weighted by Gasteiger charge is -2.11. The van der Waals surface area contributed by atoms with Gasteiger partial charge in [0.05, 0.1) is 11.5 Å². The molecule has 0 spiro atoms. The molecule has 7 heteroatoms. The van der Waals surface area contributed by atoms with Crippen molar-refractivity contribution < 1.29 is 4.92 Å². The van der Waals surface area contributed by atoms with Crippen LogP contribution in [-0.2, 0) is 13.1 Å². The minimum absolute atomic E-state index is 0. The fourth-order valence-corrected chi connectivity index (χ4v) is 2.13. The Bertz CT molecular complexity index is 700. The van der Waals surface area contributed by atoms with Crippen molar-refractivity contribution in [3.05, 3.63) is 75.3 Å². The number of nitrogens with zero attached hydrogens (tertiary/aromatic N) is 2. The van der Waals surface area contributed by atoms with E-state index in [1.807, 2.05) is 6.92 Å².